The number of nitrogens with one attached hydrogen (secondary N) is 2. The summed E-state index contributed by atoms with van der Waals surface area (Å²) in [5, 5.41) is 5.86. The van der Waals surface area contributed by atoms with E-state index in [1.165, 1.54) is 0 Å². The Kier molecular flexibility index (Phi) is 4.38. The van der Waals surface area contributed by atoms with Crippen LogP contribution in [0.5, 0.6) is 0 Å². The molecule has 130 valence electrons. The van der Waals surface area contributed by atoms with E-state index < -0.39 is 5.41 Å². The van der Waals surface area contributed by atoms with Crippen molar-refractivity contribution in [3.05, 3.63) is 58.7 Å². The molecule has 0 aromatic heterocycles. The fourth-order valence-electron chi connectivity index (χ4n) is 3.09. The van der Waals surface area contributed by atoms with Gasteiger partial charge in [-0.05, 0) is 81.0 Å². The van der Waals surface area contributed by atoms with Crippen LogP contribution in [-0.4, -0.2) is 11.8 Å². The lowest BCUT2D eigenvalue weighted by Crippen LogP contribution is -2.35. The highest BCUT2D eigenvalue weighted by Gasteiger charge is 2.56. The second kappa shape index (κ2) is 6.36. The Hall–Kier alpha value is -2.62. The van der Waals surface area contributed by atoms with Crippen LogP contribution in [0.1, 0.15) is 35.1 Å². The van der Waals surface area contributed by atoms with Crippen LogP contribution in [0, 0.1) is 33.1 Å². The van der Waals surface area contributed by atoms with Gasteiger partial charge >= 0.3 is 0 Å². The number of carbonyl (C=O) groups is 2. The Morgan fingerprint density at radius 2 is 1.40 bits per heavy atom. The summed E-state index contributed by atoms with van der Waals surface area (Å²) in [6, 6.07) is 11.8. The van der Waals surface area contributed by atoms with E-state index >= 15 is 0 Å². The molecular weight excluding hydrogens is 312 g/mol. The molecule has 1 saturated carbocycles. The number of hydrogen-bond donors (Lipinski definition) is 2. The fourth-order valence-corrected chi connectivity index (χ4v) is 3.09. The number of anilines is 2. The van der Waals surface area contributed by atoms with Gasteiger partial charge in [-0.3, -0.25) is 9.59 Å². The van der Waals surface area contributed by atoms with E-state index in [4.69, 9.17) is 0 Å². The standard InChI is InChI=1S/C21H24N2O2/c1-13-5-6-16(4)18(12-13)23-20(25)21(7-8-21)19(24)22-17-10-14(2)9-15(3)11-17/h5-6,9-12H,7-8H2,1-4H3,(H,22,24)(H,23,25). The first kappa shape index (κ1) is 17.2. The summed E-state index contributed by atoms with van der Waals surface area (Å²) < 4.78 is 0. The Labute approximate surface area is 148 Å². The van der Waals surface area contributed by atoms with E-state index in [2.05, 4.69) is 16.7 Å². The van der Waals surface area contributed by atoms with E-state index in [1.807, 2.05) is 58.0 Å². The summed E-state index contributed by atoms with van der Waals surface area (Å²) in [5.74, 6) is -0.441. The van der Waals surface area contributed by atoms with Crippen molar-refractivity contribution >= 4 is 23.2 Å². The molecule has 0 bridgehead atoms. The third-order valence-corrected chi connectivity index (χ3v) is 4.74. The predicted molar refractivity (Wildman–Crippen MR) is 101 cm³/mol. The molecule has 4 nitrogen and oxygen atoms in total. The number of rotatable bonds is 4. The molecule has 0 unspecified atom stereocenters. The number of carbonyl (C=O) groups excluding carboxylic acids is 2. The van der Waals surface area contributed by atoms with Gasteiger partial charge in [0, 0.05) is 11.4 Å². The van der Waals surface area contributed by atoms with Gasteiger partial charge in [0.1, 0.15) is 5.41 Å². The van der Waals surface area contributed by atoms with Crippen molar-refractivity contribution in [1.82, 2.24) is 0 Å². The average molecular weight is 336 g/mol. The molecule has 1 aliphatic rings. The largest absolute Gasteiger partial charge is 0.325 e. The highest BCUT2D eigenvalue weighted by atomic mass is 16.2. The molecule has 4 heteroatoms. The highest BCUT2D eigenvalue weighted by Crippen LogP contribution is 2.47. The summed E-state index contributed by atoms with van der Waals surface area (Å²) in [5.41, 5.74) is 4.80. The summed E-state index contributed by atoms with van der Waals surface area (Å²) in [7, 11) is 0. The van der Waals surface area contributed by atoms with Crippen LogP contribution in [0.3, 0.4) is 0 Å². The van der Waals surface area contributed by atoms with Gasteiger partial charge in [-0.15, -0.1) is 0 Å². The zero-order chi connectivity index (χ0) is 18.2. The molecule has 0 spiro atoms. The first-order valence-electron chi connectivity index (χ1n) is 8.59. The monoisotopic (exact) mass is 336 g/mol. The first-order valence-corrected chi connectivity index (χ1v) is 8.59. The SMILES string of the molecule is Cc1cc(C)cc(NC(=O)C2(C(=O)Nc3cc(C)ccc3C)CC2)c1. The first-order chi connectivity index (χ1) is 11.8. The molecule has 0 atom stereocenters. The van der Waals surface area contributed by atoms with Crippen molar-refractivity contribution in [3.63, 3.8) is 0 Å². The quantitative estimate of drug-likeness (QED) is 0.819. The van der Waals surface area contributed by atoms with Gasteiger partial charge in [0.15, 0.2) is 0 Å². The van der Waals surface area contributed by atoms with Gasteiger partial charge in [0.2, 0.25) is 11.8 Å². The second-order valence-corrected chi connectivity index (χ2v) is 7.19. The van der Waals surface area contributed by atoms with Gasteiger partial charge in [-0.25, -0.2) is 0 Å². The minimum absolute atomic E-state index is 0.219. The Balaban J connectivity index is 1.75. The maximum Gasteiger partial charge on any atom is 0.240 e. The smallest absolute Gasteiger partial charge is 0.240 e. The third kappa shape index (κ3) is 3.58. The molecule has 0 saturated heterocycles. The maximum atomic E-state index is 12.8. The van der Waals surface area contributed by atoms with Crippen molar-refractivity contribution in [2.75, 3.05) is 10.6 Å². The van der Waals surface area contributed by atoms with E-state index in [0.29, 0.717) is 12.8 Å². The van der Waals surface area contributed by atoms with Crippen LogP contribution in [0.25, 0.3) is 0 Å². The van der Waals surface area contributed by atoms with Crippen LogP contribution in [0.4, 0.5) is 11.4 Å². The van der Waals surface area contributed by atoms with E-state index in [1.54, 1.807) is 0 Å². The molecule has 0 aliphatic heterocycles. The van der Waals surface area contributed by atoms with E-state index in [-0.39, 0.29) is 11.8 Å². The summed E-state index contributed by atoms with van der Waals surface area (Å²) in [6.07, 6.45) is 1.17. The minimum atomic E-state index is -0.951. The normalized spacial score (nSPS) is 14.7. The van der Waals surface area contributed by atoms with Gasteiger partial charge < -0.3 is 10.6 Å². The van der Waals surface area contributed by atoms with Crippen molar-refractivity contribution in [2.24, 2.45) is 5.41 Å². The zero-order valence-electron chi connectivity index (χ0n) is 15.2. The zero-order valence-corrected chi connectivity index (χ0v) is 15.2. The Bertz CT molecular complexity index is 831. The molecule has 2 N–H and O–H groups in total. The molecular formula is C21H24N2O2. The van der Waals surface area contributed by atoms with Crippen LogP contribution in [0.2, 0.25) is 0 Å². The molecule has 1 fully saturated rings. The average Bonchev–Trinajstić information content (AvgIpc) is 3.31. The Morgan fingerprint density at radius 3 is 2.00 bits per heavy atom. The molecule has 25 heavy (non-hydrogen) atoms. The third-order valence-electron chi connectivity index (χ3n) is 4.74. The molecule has 2 aromatic rings. The van der Waals surface area contributed by atoms with Gasteiger partial charge in [-0.2, -0.15) is 0 Å². The molecule has 1 aliphatic carbocycles. The number of aryl methyl sites for hydroxylation is 4. The lowest BCUT2D eigenvalue weighted by atomic mass is 10.0. The molecule has 3 rings (SSSR count). The van der Waals surface area contributed by atoms with Crippen LogP contribution in [0.15, 0.2) is 36.4 Å². The number of amides is 2. The van der Waals surface area contributed by atoms with Crippen LogP contribution < -0.4 is 10.6 Å². The van der Waals surface area contributed by atoms with Gasteiger partial charge in [0.05, 0.1) is 0 Å². The highest BCUT2D eigenvalue weighted by molar-refractivity contribution is 6.17. The fraction of sp³-hybridized carbons (Fsp3) is 0.333. The maximum absolute atomic E-state index is 12.8. The molecule has 2 amide bonds. The van der Waals surface area contributed by atoms with E-state index in [9.17, 15) is 9.59 Å². The van der Waals surface area contributed by atoms with Crippen LogP contribution in [-0.2, 0) is 9.59 Å². The van der Waals surface area contributed by atoms with Crippen molar-refractivity contribution in [1.29, 1.82) is 0 Å². The van der Waals surface area contributed by atoms with Crippen molar-refractivity contribution in [2.45, 2.75) is 40.5 Å². The topological polar surface area (TPSA) is 58.2 Å². The Morgan fingerprint density at radius 1 is 0.800 bits per heavy atom. The second-order valence-electron chi connectivity index (χ2n) is 7.19. The lowest BCUT2D eigenvalue weighted by molar-refractivity contribution is -0.131. The molecule has 0 heterocycles. The number of benzene rings is 2. The van der Waals surface area contributed by atoms with Crippen LogP contribution >= 0.6 is 0 Å². The summed E-state index contributed by atoms with van der Waals surface area (Å²) in [4.78, 5) is 25.5. The number of hydrogen-bond acceptors (Lipinski definition) is 2. The summed E-state index contributed by atoms with van der Waals surface area (Å²) in [6.45, 7) is 7.91. The van der Waals surface area contributed by atoms with Crippen molar-refractivity contribution < 1.29 is 9.59 Å². The summed E-state index contributed by atoms with van der Waals surface area (Å²) >= 11 is 0. The van der Waals surface area contributed by atoms with E-state index in [0.717, 1.165) is 33.6 Å². The lowest BCUT2D eigenvalue weighted by Gasteiger charge is -2.17. The molecule has 0 radical (unpaired) electrons. The van der Waals surface area contributed by atoms with Gasteiger partial charge in [0.25, 0.3) is 0 Å². The predicted octanol–water partition coefficient (Wildman–Crippen LogP) is 4.28. The molecule has 2 aromatic carbocycles. The van der Waals surface area contributed by atoms with Crippen molar-refractivity contribution in [3.8, 4) is 0 Å². The van der Waals surface area contributed by atoms with Gasteiger partial charge in [-0.1, -0.05) is 18.2 Å². The minimum Gasteiger partial charge on any atom is -0.325 e.